The second kappa shape index (κ2) is 19.6. The van der Waals surface area contributed by atoms with Crippen molar-refractivity contribution < 1.29 is 33.4 Å². The van der Waals surface area contributed by atoms with Gasteiger partial charge in [-0.3, -0.25) is 9.59 Å². The molecule has 330 valence electrons. The molecular weight excluding hydrogens is 789 g/mol. The third-order valence-corrected chi connectivity index (χ3v) is 11.3. The molecule has 0 radical (unpaired) electrons. The average Bonchev–Trinajstić information content (AvgIpc) is 4.06. The molecule has 1 saturated heterocycles. The third kappa shape index (κ3) is 9.56. The maximum absolute atomic E-state index is 13.6. The van der Waals surface area contributed by atoms with E-state index in [0.29, 0.717) is 24.7 Å². The van der Waals surface area contributed by atoms with Crippen molar-refractivity contribution in [1.29, 1.82) is 0 Å². The topological polar surface area (TPSA) is 184 Å². The molecular formula is C47H60N8O7. The summed E-state index contributed by atoms with van der Waals surface area (Å²) in [6, 6.07) is 15.7. The zero-order valence-electron chi connectivity index (χ0n) is 37.3. The van der Waals surface area contributed by atoms with Crippen LogP contribution in [0.1, 0.15) is 103 Å². The van der Waals surface area contributed by atoms with Crippen molar-refractivity contribution in [2.75, 3.05) is 33.9 Å². The molecule has 15 heteroatoms. The number of fused-ring (bicyclic) bond motifs is 4. The van der Waals surface area contributed by atoms with Gasteiger partial charge in [-0.2, -0.15) is 0 Å². The van der Waals surface area contributed by atoms with Gasteiger partial charge in [-0.25, -0.2) is 19.6 Å². The molecule has 0 saturated carbocycles. The second-order valence-corrected chi connectivity index (χ2v) is 16.7. The van der Waals surface area contributed by atoms with Gasteiger partial charge in [0.25, 0.3) is 0 Å². The van der Waals surface area contributed by atoms with E-state index in [0.717, 1.165) is 75.2 Å². The lowest BCUT2D eigenvalue weighted by Crippen LogP contribution is -2.51. The van der Waals surface area contributed by atoms with Crippen molar-refractivity contribution >= 4 is 34.8 Å². The Morgan fingerprint density at radius 2 is 1.61 bits per heavy atom. The molecule has 1 unspecified atom stereocenters. The Hall–Kier alpha value is -6.38. The molecule has 0 aliphatic carbocycles. The number of imidazole rings is 2. The summed E-state index contributed by atoms with van der Waals surface area (Å²) in [5.74, 6) is 2.39. The van der Waals surface area contributed by atoms with Crippen molar-refractivity contribution in [3.63, 3.8) is 0 Å². The van der Waals surface area contributed by atoms with Gasteiger partial charge in [0.2, 0.25) is 11.8 Å². The molecule has 2 aliphatic heterocycles. The number of ether oxygens (including phenoxy) is 3. The first kappa shape index (κ1) is 45.2. The number of nitrogens with zero attached hydrogens (tertiary/aromatic N) is 4. The number of hydrogen-bond acceptors (Lipinski definition) is 9. The van der Waals surface area contributed by atoms with Gasteiger partial charge in [0.1, 0.15) is 35.7 Å². The van der Waals surface area contributed by atoms with E-state index in [1.54, 1.807) is 22.2 Å². The fourth-order valence-corrected chi connectivity index (χ4v) is 8.28. The maximum Gasteiger partial charge on any atom is 0.407 e. The Morgan fingerprint density at radius 1 is 0.919 bits per heavy atom. The largest absolute Gasteiger partial charge is 0.457 e. The molecule has 2 aromatic heterocycles. The number of H-pyrrole nitrogens is 2. The van der Waals surface area contributed by atoms with Crippen LogP contribution < -0.4 is 15.4 Å². The lowest BCUT2D eigenvalue weighted by molar-refractivity contribution is -0.135. The van der Waals surface area contributed by atoms with Crippen molar-refractivity contribution in [1.82, 2.24) is 40.4 Å². The molecule has 62 heavy (non-hydrogen) atoms. The molecule has 0 bridgehead atoms. The maximum atomic E-state index is 13.6. The summed E-state index contributed by atoms with van der Waals surface area (Å²) in [6.07, 6.45) is 5.89. The number of carbonyl (C=O) groups is 4. The first-order valence-electron chi connectivity index (χ1n) is 21.5. The summed E-state index contributed by atoms with van der Waals surface area (Å²) >= 11 is 0. The van der Waals surface area contributed by atoms with Crippen LogP contribution in [0.3, 0.4) is 0 Å². The number of amides is 4. The standard InChI is InChI=1S/C44H52N8O7.C3H8/c1-8-17-51(41(54)39(25(2)3)50-43(56)58-7)24-36-45-21-31(48-36)27-11-14-29-26(19-27)13-16-34-38(29)44(4,5)30-15-12-28(20-35(30)59-34)32-22-46-40(49-32)33-10-9-18-52(33)37(53)23-47-42(55)57-6;1-3-2/h11-16,19-22,25,33,39H,8-10,17-18,23-24H2,1-7H3,(H,45,48)(H,46,49)(H,47,55)(H,50,56);3H2,1-2H3/t33-,39?;/m0./s1. The van der Waals surface area contributed by atoms with Crippen LogP contribution in [0.15, 0.2) is 60.9 Å². The molecule has 15 nitrogen and oxygen atoms in total. The Kier molecular flexibility index (Phi) is 14.2. The predicted octanol–water partition coefficient (Wildman–Crippen LogP) is 8.61. The summed E-state index contributed by atoms with van der Waals surface area (Å²) < 4.78 is 16.0. The van der Waals surface area contributed by atoms with Crippen molar-refractivity contribution in [3.05, 3.63) is 83.7 Å². The monoisotopic (exact) mass is 848 g/mol. The van der Waals surface area contributed by atoms with Crippen LogP contribution in [0.25, 0.3) is 33.3 Å². The molecule has 7 rings (SSSR count). The van der Waals surface area contributed by atoms with Crippen molar-refractivity contribution in [2.24, 2.45) is 5.92 Å². The summed E-state index contributed by atoms with van der Waals surface area (Å²) in [5, 5.41) is 7.29. The van der Waals surface area contributed by atoms with Crippen LogP contribution in [-0.2, 0) is 31.0 Å². The van der Waals surface area contributed by atoms with Gasteiger partial charge >= 0.3 is 12.2 Å². The van der Waals surface area contributed by atoms with Gasteiger partial charge in [0.15, 0.2) is 0 Å². The van der Waals surface area contributed by atoms with Gasteiger partial charge < -0.3 is 44.6 Å². The summed E-state index contributed by atoms with van der Waals surface area (Å²) in [6.45, 7) is 15.7. The smallest absolute Gasteiger partial charge is 0.407 e. The van der Waals surface area contributed by atoms with Crippen LogP contribution in [0.4, 0.5) is 9.59 Å². The Bertz CT molecular complexity index is 2400. The molecule has 5 aromatic rings. The molecule has 2 aliphatic rings. The van der Waals surface area contributed by atoms with Crippen LogP contribution in [0.2, 0.25) is 0 Å². The lowest BCUT2D eigenvalue weighted by atomic mass is 9.73. The highest BCUT2D eigenvalue weighted by atomic mass is 16.5. The van der Waals surface area contributed by atoms with E-state index in [1.165, 1.54) is 20.6 Å². The number of aromatic nitrogens is 4. The molecule has 4 N–H and O–H groups in total. The van der Waals surface area contributed by atoms with Gasteiger partial charge in [-0.1, -0.05) is 85.2 Å². The summed E-state index contributed by atoms with van der Waals surface area (Å²) in [4.78, 5) is 69.6. The van der Waals surface area contributed by atoms with Gasteiger partial charge in [0, 0.05) is 40.8 Å². The lowest BCUT2D eigenvalue weighted by Gasteiger charge is -2.35. The highest BCUT2D eigenvalue weighted by Gasteiger charge is 2.37. The molecule has 4 amide bonds. The van der Waals surface area contributed by atoms with E-state index >= 15 is 0 Å². The first-order chi connectivity index (χ1) is 29.7. The van der Waals surface area contributed by atoms with E-state index < -0.39 is 23.6 Å². The van der Waals surface area contributed by atoms with Crippen LogP contribution in [0.5, 0.6) is 11.5 Å². The zero-order chi connectivity index (χ0) is 44.7. The Morgan fingerprint density at radius 3 is 2.32 bits per heavy atom. The summed E-state index contributed by atoms with van der Waals surface area (Å²) in [7, 11) is 2.55. The fraction of sp³-hybridized carbons (Fsp3) is 0.447. The number of methoxy groups -OCH3 is 2. The zero-order valence-corrected chi connectivity index (χ0v) is 37.3. The normalized spacial score (nSPS) is 15.4. The number of carbonyl (C=O) groups excluding carboxylic acids is 4. The summed E-state index contributed by atoms with van der Waals surface area (Å²) in [5.41, 5.74) is 5.27. The number of rotatable bonds is 12. The number of hydrogen-bond donors (Lipinski definition) is 4. The highest BCUT2D eigenvalue weighted by Crippen LogP contribution is 2.51. The Balaban J connectivity index is 0.00000208. The molecule has 2 atom stereocenters. The van der Waals surface area contributed by atoms with Crippen molar-refractivity contribution in [2.45, 2.75) is 98.2 Å². The highest BCUT2D eigenvalue weighted by molar-refractivity contribution is 5.93. The van der Waals surface area contributed by atoms with Gasteiger partial charge in [-0.05, 0) is 54.2 Å². The van der Waals surface area contributed by atoms with Crippen LogP contribution in [-0.4, -0.2) is 93.6 Å². The van der Waals surface area contributed by atoms with E-state index in [1.807, 2.05) is 32.9 Å². The number of alkyl carbamates (subject to hydrolysis) is 2. The minimum atomic E-state index is -0.722. The molecule has 4 heterocycles. The Labute approximate surface area is 363 Å². The quantitative estimate of drug-likeness (QED) is 0.0955. The fourth-order valence-electron chi connectivity index (χ4n) is 8.28. The SMILES string of the molecule is CCC.CCCN(Cc1ncc(-c2ccc3c4c(ccc3c2)Oc2cc(-c3cnc([C@@H]5CCCN5C(=O)CNC(=O)OC)[nH]3)ccc2C4(C)C)[nH]1)C(=O)C(NC(=O)OC)C(C)C. The second-order valence-electron chi connectivity index (χ2n) is 16.7. The molecule has 0 spiro atoms. The number of likely N-dealkylation sites (tertiary alicyclic amines) is 1. The van der Waals surface area contributed by atoms with Crippen LogP contribution in [0, 0.1) is 5.92 Å². The first-order valence-corrected chi connectivity index (χ1v) is 21.5. The number of nitrogens with one attached hydrogen (secondary N) is 4. The average molecular weight is 849 g/mol. The van der Waals surface area contributed by atoms with E-state index in [2.05, 4.69) is 99.4 Å². The van der Waals surface area contributed by atoms with E-state index in [9.17, 15) is 19.2 Å². The minimum absolute atomic E-state index is 0.131. The number of aromatic amines is 2. The van der Waals surface area contributed by atoms with E-state index in [4.69, 9.17) is 9.47 Å². The van der Waals surface area contributed by atoms with Crippen LogP contribution >= 0.6 is 0 Å². The molecule has 1 fully saturated rings. The minimum Gasteiger partial charge on any atom is -0.457 e. The van der Waals surface area contributed by atoms with Gasteiger partial charge in [0.05, 0.1) is 50.6 Å². The van der Waals surface area contributed by atoms with Gasteiger partial charge in [-0.15, -0.1) is 0 Å². The molecule has 3 aromatic carbocycles. The van der Waals surface area contributed by atoms with E-state index in [-0.39, 0.29) is 36.9 Å². The predicted molar refractivity (Wildman–Crippen MR) is 238 cm³/mol. The number of benzene rings is 3. The van der Waals surface area contributed by atoms with Crippen molar-refractivity contribution in [3.8, 4) is 34.0 Å². The third-order valence-electron chi connectivity index (χ3n) is 11.3.